The van der Waals surface area contributed by atoms with Crippen LogP contribution in [0.1, 0.15) is 67.2 Å². The third kappa shape index (κ3) is 5.48. The first-order valence-corrected chi connectivity index (χ1v) is 13.5. The second kappa shape index (κ2) is 10.2. The predicted molar refractivity (Wildman–Crippen MR) is 138 cm³/mol. The Balaban J connectivity index is 1.91. The van der Waals surface area contributed by atoms with Crippen LogP contribution in [-0.4, -0.2) is 55.5 Å². The van der Waals surface area contributed by atoms with Crippen molar-refractivity contribution in [2.24, 2.45) is 4.99 Å². The summed E-state index contributed by atoms with van der Waals surface area (Å²) < 4.78 is 41.6. The van der Waals surface area contributed by atoms with E-state index in [2.05, 4.69) is 51.7 Å². The summed E-state index contributed by atoms with van der Waals surface area (Å²) in [5.41, 5.74) is 4.83. The number of aryl methyl sites for hydroxylation is 2. The molecule has 190 valence electrons. The smallest absolute Gasteiger partial charge is 0.259 e. The summed E-state index contributed by atoms with van der Waals surface area (Å²) in [5.74, 6) is -0.602. The molecule has 2 aromatic carbocycles. The van der Waals surface area contributed by atoms with Gasteiger partial charge in [0.25, 0.3) is 5.91 Å². The maximum atomic E-state index is 14.6. The molecule has 0 N–H and O–H groups in total. The zero-order valence-corrected chi connectivity index (χ0v) is 22.6. The van der Waals surface area contributed by atoms with Gasteiger partial charge in [0.2, 0.25) is 10.0 Å². The monoisotopic (exact) mass is 501 g/mol. The molecule has 0 saturated carbocycles. The van der Waals surface area contributed by atoms with Crippen molar-refractivity contribution < 1.29 is 17.6 Å². The maximum absolute atomic E-state index is 14.6. The molecule has 1 heterocycles. The molecule has 35 heavy (non-hydrogen) atoms. The molecule has 6 nitrogen and oxygen atoms in total. The van der Waals surface area contributed by atoms with Gasteiger partial charge >= 0.3 is 0 Å². The van der Waals surface area contributed by atoms with Crippen molar-refractivity contribution in [2.75, 3.05) is 26.2 Å². The van der Waals surface area contributed by atoms with Gasteiger partial charge in [-0.15, -0.1) is 0 Å². The number of carbonyl (C=O) groups excluding carboxylic acids is 1. The number of amides is 1. The van der Waals surface area contributed by atoms with Crippen LogP contribution in [0.4, 0.5) is 4.39 Å². The van der Waals surface area contributed by atoms with Crippen molar-refractivity contribution in [1.29, 1.82) is 0 Å². The lowest BCUT2D eigenvalue weighted by molar-refractivity contribution is 0.0856. The minimum absolute atomic E-state index is 0.0344. The second-order valence-corrected chi connectivity index (χ2v) is 11.9. The zero-order valence-electron chi connectivity index (χ0n) is 21.8. The minimum atomic E-state index is -4.04. The highest BCUT2D eigenvalue weighted by Crippen LogP contribution is 2.28. The summed E-state index contributed by atoms with van der Waals surface area (Å²) in [5, 5.41) is 0. The largest absolute Gasteiger partial charge is 0.294 e. The molecule has 0 fully saturated rings. The molecular formula is C27H36FN3O3S. The molecule has 8 heteroatoms. The Bertz CT molecular complexity index is 1240. The van der Waals surface area contributed by atoms with E-state index in [-0.39, 0.29) is 30.0 Å². The molecule has 0 unspecified atom stereocenters. The van der Waals surface area contributed by atoms with Crippen molar-refractivity contribution in [3.8, 4) is 0 Å². The fourth-order valence-electron chi connectivity index (χ4n) is 4.42. The van der Waals surface area contributed by atoms with Gasteiger partial charge in [-0.25, -0.2) is 12.8 Å². The number of sulfonamides is 1. The van der Waals surface area contributed by atoms with Crippen molar-refractivity contribution in [3.63, 3.8) is 0 Å². The number of nitrogens with zero attached hydrogens (tertiary/aromatic N) is 3. The second-order valence-electron chi connectivity index (χ2n) is 10.0. The van der Waals surface area contributed by atoms with E-state index < -0.39 is 20.7 Å². The first-order chi connectivity index (χ1) is 16.3. The Hall–Kier alpha value is -2.58. The molecule has 3 rings (SSSR count). The number of rotatable bonds is 7. The topological polar surface area (TPSA) is 70.1 Å². The summed E-state index contributed by atoms with van der Waals surface area (Å²) in [7, 11) is -4.04. The first-order valence-electron chi connectivity index (χ1n) is 12.1. The van der Waals surface area contributed by atoms with Gasteiger partial charge in [-0.3, -0.25) is 14.7 Å². The van der Waals surface area contributed by atoms with E-state index >= 15 is 0 Å². The molecule has 1 aliphatic rings. The van der Waals surface area contributed by atoms with Crippen LogP contribution in [0.5, 0.6) is 0 Å². The normalized spacial score (nSPS) is 14.5. The molecule has 0 aromatic heterocycles. The van der Waals surface area contributed by atoms with Crippen LogP contribution >= 0.6 is 0 Å². The fraction of sp³-hybridized carbons (Fsp3) is 0.481. The van der Waals surface area contributed by atoms with Crippen molar-refractivity contribution in [2.45, 2.75) is 65.2 Å². The minimum Gasteiger partial charge on any atom is -0.294 e. The van der Waals surface area contributed by atoms with E-state index in [0.717, 1.165) is 28.8 Å². The summed E-state index contributed by atoms with van der Waals surface area (Å²) in [6, 6.07) is 7.91. The Morgan fingerprint density at radius 2 is 1.69 bits per heavy atom. The van der Waals surface area contributed by atoms with E-state index in [4.69, 9.17) is 0 Å². The molecule has 2 aromatic rings. The van der Waals surface area contributed by atoms with E-state index in [1.807, 2.05) is 0 Å². The number of aliphatic imine (C=N–C) groups is 1. The summed E-state index contributed by atoms with van der Waals surface area (Å²) in [6.45, 7) is 15.4. The lowest BCUT2D eigenvalue weighted by atomic mass is 9.83. The summed E-state index contributed by atoms with van der Waals surface area (Å²) >= 11 is 0. The predicted octanol–water partition coefficient (Wildman–Crippen LogP) is 4.87. The van der Waals surface area contributed by atoms with Crippen LogP contribution in [0.15, 0.2) is 40.2 Å². The fourth-order valence-corrected chi connectivity index (χ4v) is 5.97. The Labute approximate surface area is 208 Å². The zero-order chi connectivity index (χ0) is 26.1. The van der Waals surface area contributed by atoms with Crippen LogP contribution in [-0.2, 0) is 21.9 Å². The lowest BCUT2D eigenvalue weighted by Gasteiger charge is -2.24. The summed E-state index contributed by atoms with van der Waals surface area (Å²) in [6.07, 6.45) is 0.500. The third-order valence-corrected chi connectivity index (χ3v) is 8.64. The molecule has 0 spiro atoms. The molecule has 0 bridgehead atoms. The highest BCUT2D eigenvalue weighted by atomic mass is 32.2. The molecular weight excluding hydrogens is 465 g/mol. The number of hydrogen-bond donors (Lipinski definition) is 0. The highest BCUT2D eigenvalue weighted by Gasteiger charge is 2.30. The van der Waals surface area contributed by atoms with Gasteiger partial charge in [-0.05, 0) is 59.7 Å². The van der Waals surface area contributed by atoms with Crippen LogP contribution in [0, 0.1) is 19.7 Å². The van der Waals surface area contributed by atoms with E-state index in [9.17, 15) is 17.6 Å². The van der Waals surface area contributed by atoms with E-state index in [1.54, 1.807) is 18.7 Å². The average molecular weight is 502 g/mol. The number of halogens is 1. The molecule has 1 amide bonds. The van der Waals surface area contributed by atoms with Gasteiger partial charge in [-0.2, -0.15) is 4.31 Å². The van der Waals surface area contributed by atoms with Crippen LogP contribution in [0.2, 0.25) is 0 Å². The van der Waals surface area contributed by atoms with Crippen LogP contribution in [0.25, 0.3) is 0 Å². The first kappa shape index (κ1) is 27.0. The van der Waals surface area contributed by atoms with Crippen molar-refractivity contribution in [1.82, 2.24) is 9.21 Å². The van der Waals surface area contributed by atoms with Gasteiger partial charge in [0.1, 0.15) is 16.5 Å². The van der Waals surface area contributed by atoms with Gasteiger partial charge in [0.15, 0.2) is 0 Å². The average Bonchev–Trinajstić information content (AvgIpc) is 3.24. The number of amidine groups is 1. The quantitative estimate of drug-likeness (QED) is 0.544. The lowest BCUT2D eigenvalue weighted by Crippen LogP contribution is -2.36. The van der Waals surface area contributed by atoms with Gasteiger partial charge < -0.3 is 0 Å². The number of benzene rings is 2. The Morgan fingerprint density at radius 1 is 1.09 bits per heavy atom. The van der Waals surface area contributed by atoms with Crippen molar-refractivity contribution >= 4 is 21.8 Å². The van der Waals surface area contributed by atoms with Gasteiger partial charge in [0.05, 0.1) is 6.54 Å². The van der Waals surface area contributed by atoms with Crippen LogP contribution in [0.3, 0.4) is 0 Å². The Kier molecular flexibility index (Phi) is 7.86. The standard InChI is InChI=1S/C27H36FN3O3S/c1-8-30(9-2)35(33,34)24-16-20(10-11-23(24)28)26(32)31-13-12-29-25(31)17-22-18(3)14-21(15-19(22)4)27(5,6)7/h10-11,14-16H,8-9,12-13,17H2,1-7H3. The van der Waals surface area contributed by atoms with E-state index in [0.29, 0.717) is 25.3 Å². The van der Waals surface area contributed by atoms with E-state index in [1.165, 1.54) is 15.9 Å². The van der Waals surface area contributed by atoms with Gasteiger partial charge in [-0.1, -0.05) is 46.8 Å². The molecule has 0 radical (unpaired) electrons. The van der Waals surface area contributed by atoms with Gasteiger partial charge in [0, 0.05) is 31.6 Å². The maximum Gasteiger partial charge on any atom is 0.259 e. The molecule has 0 aliphatic carbocycles. The third-order valence-electron chi connectivity index (χ3n) is 6.57. The molecule has 1 aliphatic heterocycles. The number of hydrogen-bond acceptors (Lipinski definition) is 4. The SMILES string of the molecule is CCN(CC)S(=O)(=O)c1cc(C(=O)N2CCN=C2Cc2c(C)cc(C(C)(C)C)cc2C)ccc1F. The summed E-state index contributed by atoms with van der Waals surface area (Å²) in [4.78, 5) is 19.1. The molecule has 0 atom stereocenters. The van der Waals surface area contributed by atoms with Crippen molar-refractivity contribution in [3.05, 3.63) is 64.0 Å². The number of carbonyl (C=O) groups is 1. The molecule has 0 saturated heterocycles. The van der Waals surface area contributed by atoms with Crippen LogP contribution < -0.4 is 0 Å². The highest BCUT2D eigenvalue weighted by molar-refractivity contribution is 7.89. The Morgan fingerprint density at radius 3 is 2.23 bits per heavy atom.